The van der Waals surface area contributed by atoms with Crippen LogP contribution in [0, 0.1) is 0 Å². The molecule has 2 amide bonds. The highest BCUT2D eigenvalue weighted by molar-refractivity contribution is 7.92. The molecule has 1 aliphatic heterocycles. The van der Waals surface area contributed by atoms with Crippen molar-refractivity contribution in [1.82, 2.24) is 14.5 Å². The number of carbonyl (C=O) groups excluding carboxylic acids is 2. The first-order valence-corrected chi connectivity index (χ1v) is 9.35. The summed E-state index contributed by atoms with van der Waals surface area (Å²) in [5.41, 5.74) is 5.97. The molecule has 2 N–H and O–H groups in total. The lowest BCUT2D eigenvalue weighted by Crippen LogP contribution is -2.42. The van der Waals surface area contributed by atoms with Gasteiger partial charge < -0.3 is 19.9 Å². The second-order valence-corrected chi connectivity index (χ2v) is 7.57. The van der Waals surface area contributed by atoms with Gasteiger partial charge in [0.25, 0.3) is 0 Å². The van der Waals surface area contributed by atoms with Gasteiger partial charge in [0.1, 0.15) is 12.3 Å². The quantitative estimate of drug-likeness (QED) is 0.735. The normalized spacial score (nSPS) is 15.4. The molecule has 1 aliphatic rings. The van der Waals surface area contributed by atoms with Crippen LogP contribution in [-0.2, 0) is 30.7 Å². The summed E-state index contributed by atoms with van der Waals surface area (Å²) in [6.45, 7) is 1.62. The molecular formula is C15H18N4O5S. The first-order valence-electron chi connectivity index (χ1n) is 7.70. The Bertz CT molecular complexity index is 915. The van der Waals surface area contributed by atoms with E-state index in [4.69, 9.17) is 10.5 Å². The summed E-state index contributed by atoms with van der Waals surface area (Å²) in [5.74, 6) is -2.07. The van der Waals surface area contributed by atoms with E-state index >= 15 is 0 Å². The van der Waals surface area contributed by atoms with Gasteiger partial charge in [-0.3, -0.25) is 9.59 Å². The van der Waals surface area contributed by atoms with Gasteiger partial charge in [-0.1, -0.05) is 12.1 Å². The van der Waals surface area contributed by atoms with Crippen LogP contribution >= 0.6 is 0 Å². The van der Waals surface area contributed by atoms with Gasteiger partial charge in [0.2, 0.25) is 26.8 Å². The van der Waals surface area contributed by atoms with Gasteiger partial charge in [-0.15, -0.1) is 0 Å². The number of amides is 2. The number of primary amides is 1. The molecule has 1 saturated heterocycles. The first kappa shape index (κ1) is 17.4. The van der Waals surface area contributed by atoms with E-state index < -0.39 is 21.5 Å². The van der Waals surface area contributed by atoms with Crippen LogP contribution in [0.4, 0.5) is 0 Å². The molecule has 1 fully saturated rings. The Hall–Kier alpha value is -2.46. The molecule has 0 aliphatic carbocycles. The highest BCUT2D eigenvalue weighted by atomic mass is 32.2. The number of nitrogens with two attached hydrogens (primary N) is 1. The van der Waals surface area contributed by atoms with Crippen molar-refractivity contribution in [2.75, 3.05) is 32.1 Å². The van der Waals surface area contributed by atoms with Crippen molar-refractivity contribution >= 4 is 32.7 Å². The van der Waals surface area contributed by atoms with Crippen LogP contribution in [0.25, 0.3) is 11.0 Å². The van der Waals surface area contributed by atoms with Crippen molar-refractivity contribution in [2.24, 2.45) is 5.73 Å². The highest BCUT2D eigenvalue weighted by Crippen LogP contribution is 2.21. The number of morpholine rings is 1. The minimum atomic E-state index is -4.05. The fraction of sp³-hybridized carbons (Fsp3) is 0.400. The minimum Gasteiger partial charge on any atom is -0.378 e. The lowest BCUT2D eigenvalue weighted by Gasteiger charge is -2.27. The summed E-state index contributed by atoms with van der Waals surface area (Å²) in [6.07, 6.45) is 0. The number of ether oxygens (including phenoxy) is 1. The molecular weight excluding hydrogens is 348 g/mol. The molecule has 2 heterocycles. The molecule has 134 valence electrons. The second-order valence-electron chi connectivity index (χ2n) is 5.69. The molecule has 0 spiro atoms. The SMILES string of the molecule is NC(=O)CS(=O)(=O)c1nc2ccccc2n1CC(=O)N1CCOCC1. The van der Waals surface area contributed by atoms with Crippen molar-refractivity contribution in [3.05, 3.63) is 24.3 Å². The number of carbonyl (C=O) groups is 2. The third-order valence-electron chi connectivity index (χ3n) is 3.89. The molecule has 0 bridgehead atoms. The second kappa shape index (κ2) is 6.81. The van der Waals surface area contributed by atoms with Gasteiger partial charge in [0.05, 0.1) is 24.2 Å². The topological polar surface area (TPSA) is 125 Å². The number of sulfone groups is 1. The lowest BCUT2D eigenvalue weighted by molar-refractivity contribution is -0.135. The Balaban J connectivity index is 2.01. The third-order valence-corrected chi connectivity index (χ3v) is 5.42. The zero-order valence-electron chi connectivity index (χ0n) is 13.4. The summed E-state index contributed by atoms with van der Waals surface area (Å²) in [4.78, 5) is 29.4. The molecule has 3 rings (SSSR count). The van der Waals surface area contributed by atoms with Crippen LogP contribution in [0.3, 0.4) is 0 Å². The number of nitrogens with zero attached hydrogens (tertiary/aromatic N) is 3. The Morgan fingerprint density at radius 3 is 2.56 bits per heavy atom. The molecule has 0 radical (unpaired) electrons. The van der Waals surface area contributed by atoms with E-state index in [1.807, 2.05) is 0 Å². The van der Waals surface area contributed by atoms with E-state index in [9.17, 15) is 18.0 Å². The summed E-state index contributed by atoms with van der Waals surface area (Å²) in [6, 6.07) is 6.77. The van der Waals surface area contributed by atoms with Crippen molar-refractivity contribution in [1.29, 1.82) is 0 Å². The maximum absolute atomic E-state index is 12.5. The first-order chi connectivity index (χ1) is 11.9. The van der Waals surface area contributed by atoms with Gasteiger partial charge in [-0.2, -0.15) is 0 Å². The van der Waals surface area contributed by atoms with E-state index in [2.05, 4.69) is 4.98 Å². The van der Waals surface area contributed by atoms with Crippen LogP contribution in [0.1, 0.15) is 0 Å². The van der Waals surface area contributed by atoms with Gasteiger partial charge >= 0.3 is 0 Å². The summed E-state index contributed by atoms with van der Waals surface area (Å²) in [7, 11) is -4.05. The zero-order chi connectivity index (χ0) is 18.0. The summed E-state index contributed by atoms with van der Waals surface area (Å²) >= 11 is 0. The molecule has 1 aromatic heterocycles. The smallest absolute Gasteiger partial charge is 0.242 e. The van der Waals surface area contributed by atoms with E-state index in [-0.39, 0.29) is 17.6 Å². The maximum atomic E-state index is 12.5. The number of benzene rings is 1. The molecule has 0 unspecified atom stereocenters. The Morgan fingerprint density at radius 2 is 1.88 bits per heavy atom. The number of para-hydroxylation sites is 2. The van der Waals surface area contributed by atoms with Crippen molar-refractivity contribution < 1.29 is 22.7 Å². The number of rotatable bonds is 5. The van der Waals surface area contributed by atoms with Crippen molar-refractivity contribution in [3.8, 4) is 0 Å². The van der Waals surface area contributed by atoms with Crippen molar-refractivity contribution in [3.63, 3.8) is 0 Å². The van der Waals surface area contributed by atoms with Crippen molar-refractivity contribution in [2.45, 2.75) is 11.7 Å². The van der Waals surface area contributed by atoms with Gasteiger partial charge in [0.15, 0.2) is 0 Å². The highest BCUT2D eigenvalue weighted by Gasteiger charge is 2.28. The average Bonchev–Trinajstić information content (AvgIpc) is 2.94. The average molecular weight is 366 g/mol. The predicted octanol–water partition coefficient (Wildman–Crippen LogP) is -0.846. The number of aromatic nitrogens is 2. The zero-order valence-corrected chi connectivity index (χ0v) is 14.2. The van der Waals surface area contributed by atoms with Crippen LogP contribution in [0.2, 0.25) is 0 Å². The fourth-order valence-corrected chi connectivity index (χ4v) is 3.98. The number of imidazole rings is 1. The predicted molar refractivity (Wildman–Crippen MR) is 88.4 cm³/mol. The number of hydrogen-bond acceptors (Lipinski definition) is 6. The Morgan fingerprint density at radius 1 is 1.20 bits per heavy atom. The van der Waals surface area contributed by atoms with E-state index in [0.717, 1.165) is 0 Å². The van der Waals surface area contributed by atoms with E-state index in [0.29, 0.717) is 37.3 Å². The number of hydrogen-bond donors (Lipinski definition) is 1. The molecule has 9 nitrogen and oxygen atoms in total. The Labute approximate surface area is 144 Å². The standard InChI is InChI=1S/C15H18N4O5S/c16-13(20)10-25(22,23)15-17-11-3-1-2-4-12(11)19(15)9-14(21)18-5-7-24-8-6-18/h1-4H,5-10H2,(H2,16,20). The molecule has 10 heteroatoms. The summed E-state index contributed by atoms with van der Waals surface area (Å²) < 4.78 is 31.5. The molecule has 0 saturated carbocycles. The van der Waals surface area contributed by atoms with Gasteiger partial charge in [-0.25, -0.2) is 13.4 Å². The van der Waals surface area contributed by atoms with Crippen LogP contribution in [-0.4, -0.2) is 66.7 Å². The number of fused-ring (bicyclic) bond motifs is 1. The monoisotopic (exact) mass is 366 g/mol. The Kier molecular flexibility index (Phi) is 4.73. The largest absolute Gasteiger partial charge is 0.378 e. The van der Waals surface area contributed by atoms with Gasteiger partial charge in [-0.05, 0) is 12.1 Å². The van der Waals surface area contributed by atoms with Gasteiger partial charge in [0, 0.05) is 13.1 Å². The molecule has 1 aromatic carbocycles. The van der Waals surface area contributed by atoms with Crippen LogP contribution < -0.4 is 5.73 Å². The maximum Gasteiger partial charge on any atom is 0.242 e. The molecule has 2 aromatic rings. The third kappa shape index (κ3) is 3.64. The molecule has 0 atom stereocenters. The lowest BCUT2D eigenvalue weighted by atomic mass is 10.3. The summed E-state index contributed by atoms with van der Waals surface area (Å²) in [5, 5.41) is -0.325. The fourth-order valence-electron chi connectivity index (χ4n) is 2.74. The van der Waals surface area contributed by atoms with E-state index in [1.165, 1.54) is 4.57 Å². The minimum absolute atomic E-state index is 0.187. The van der Waals surface area contributed by atoms with Crippen LogP contribution in [0.5, 0.6) is 0 Å². The van der Waals surface area contributed by atoms with E-state index in [1.54, 1.807) is 29.2 Å². The molecule has 25 heavy (non-hydrogen) atoms. The van der Waals surface area contributed by atoms with Crippen LogP contribution in [0.15, 0.2) is 29.4 Å².